The first kappa shape index (κ1) is 18.4. The summed E-state index contributed by atoms with van der Waals surface area (Å²) in [4.78, 5) is 49.3. The third kappa shape index (κ3) is 4.56. The Kier molecular flexibility index (Phi) is 5.10. The van der Waals surface area contributed by atoms with E-state index >= 15 is 0 Å². The minimum Gasteiger partial charge on any atom is -0.480 e. The van der Waals surface area contributed by atoms with Crippen LogP contribution in [-0.4, -0.2) is 47.0 Å². The largest absolute Gasteiger partial charge is 0.480 e. The number of Topliss-reactive ketones (excluding diaryl/α,β-unsaturated/α-hetero) is 1. The number of carbonyl (C=O) groups is 4. The van der Waals surface area contributed by atoms with Crippen LogP contribution in [0.15, 0.2) is 24.3 Å². The van der Waals surface area contributed by atoms with Gasteiger partial charge in [0.05, 0.1) is 5.69 Å². The average molecular weight is 348 g/mol. The number of rotatable bonds is 3. The van der Waals surface area contributed by atoms with Crippen LogP contribution in [0, 0.1) is 0 Å². The molecule has 0 fully saturated rings. The Morgan fingerprint density at radius 3 is 2.52 bits per heavy atom. The summed E-state index contributed by atoms with van der Waals surface area (Å²) in [6, 6.07) is 5.06. The summed E-state index contributed by atoms with van der Waals surface area (Å²) in [5.41, 5.74) is -0.315. The van der Waals surface area contributed by atoms with Gasteiger partial charge in [0, 0.05) is 12.0 Å². The van der Waals surface area contributed by atoms with E-state index in [9.17, 15) is 19.2 Å². The molecule has 0 unspecified atom stereocenters. The molecule has 1 aromatic rings. The van der Waals surface area contributed by atoms with Gasteiger partial charge in [-0.2, -0.15) is 0 Å². The Labute approximate surface area is 144 Å². The third-order valence-corrected chi connectivity index (χ3v) is 3.43. The maximum atomic E-state index is 12.7. The highest BCUT2D eigenvalue weighted by molar-refractivity contribution is 6.13. The highest BCUT2D eigenvalue weighted by atomic mass is 16.6. The molecule has 0 radical (unpaired) electrons. The average Bonchev–Trinajstić information content (AvgIpc) is 2.57. The van der Waals surface area contributed by atoms with Gasteiger partial charge in [-0.3, -0.25) is 19.3 Å². The molecule has 2 amide bonds. The first-order valence-corrected chi connectivity index (χ1v) is 7.73. The Morgan fingerprint density at radius 1 is 1.28 bits per heavy atom. The van der Waals surface area contributed by atoms with E-state index < -0.39 is 36.2 Å². The number of nitrogens with zero attached hydrogens (tertiary/aromatic N) is 1. The molecule has 0 aliphatic carbocycles. The van der Waals surface area contributed by atoms with Crippen LogP contribution < -0.4 is 10.2 Å². The summed E-state index contributed by atoms with van der Waals surface area (Å²) in [6.07, 6.45) is -1.12. The monoisotopic (exact) mass is 348 g/mol. The maximum Gasteiger partial charge on any atom is 0.408 e. The van der Waals surface area contributed by atoms with Crippen LogP contribution in [0.1, 0.15) is 37.6 Å². The number of hydrogen-bond acceptors (Lipinski definition) is 5. The second-order valence-corrected chi connectivity index (χ2v) is 6.66. The summed E-state index contributed by atoms with van der Waals surface area (Å²) in [5, 5.41) is 11.5. The number of carboxylic acid groups (broad SMARTS) is 1. The van der Waals surface area contributed by atoms with Gasteiger partial charge in [0.25, 0.3) is 5.91 Å². The van der Waals surface area contributed by atoms with Gasteiger partial charge in [0.2, 0.25) is 0 Å². The van der Waals surface area contributed by atoms with Gasteiger partial charge in [-0.1, -0.05) is 12.1 Å². The van der Waals surface area contributed by atoms with Crippen LogP contribution in [0.25, 0.3) is 0 Å². The molecule has 25 heavy (non-hydrogen) atoms. The van der Waals surface area contributed by atoms with Crippen LogP contribution in [0.5, 0.6) is 0 Å². The van der Waals surface area contributed by atoms with Gasteiger partial charge in [0.1, 0.15) is 18.2 Å². The number of aliphatic carboxylic acids is 1. The molecule has 0 spiro atoms. The fourth-order valence-electron chi connectivity index (χ4n) is 2.50. The molecule has 1 aromatic carbocycles. The molecule has 8 heteroatoms. The number of carboxylic acids is 1. The van der Waals surface area contributed by atoms with Crippen molar-refractivity contribution in [2.24, 2.45) is 0 Å². The first-order valence-electron chi connectivity index (χ1n) is 7.73. The molecular weight excluding hydrogens is 328 g/mol. The number of nitrogens with one attached hydrogen (secondary N) is 1. The van der Waals surface area contributed by atoms with Crippen molar-refractivity contribution < 1.29 is 29.0 Å². The highest BCUT2D eigenvalue weighted by Gasteiger charge is 2.36. The van der Waals surface area contributed by atoms with Crippen molar-refractivity contribution in [1.82, 2.24) is 5.32 Å². The number of carbonyl (C=O) groups excluding carboxylic acids is 3. The smallest absolute Gasteiger partial charge is 0.408 e. The summed E-state index contributed by atoms with van der Waals surface area (Å²) in [7, 11) is 0. The number of hydrogen-bond donors (Lipinski definition) is 2. The van der Waals surface area contributed by atoms with Crippen molar-refractivity contribution in [3.05, 3.63) is 29.8 Å². The minimum atomic E-state index is -1.23. The lowest BCUT2D eigenvalue weighted by Gasteiger charge is -2.25. The molecule has 1 aliphatic heterocycles. The molecule has 1 atom stereocenters. The van der Waals surface area contributed by atoms with Crippen molar-refractivity contribution in [3.63, 3.8) is 0 Å². The molecule has 0 bridgehead atoms. The van der Waals surface area contributed by atoms with Crippen molar-refractivity contribution in [1.29, 1.82) is 0 Å². The van der Waals surface area contributed by atoms with E-state index in [0.29, 0.717) is 0 Å². The van der Waals surface area contributed by atoms with Gasteiger partial charge >= 0.3 is 12.1 Å². The zero-order chi connectivity index (χ0) is 18.8. The summed E-state index contributed by atoms with van der Waals surface area (Å²) in [6.45, 7) is 4.38. The van der Waals surface area contributed by atoms with Gasteiger partial charge in [-0.15, -0.1) is 0 Å². The fourth-order valence-corrected chi connectivity index (χ4v) is 2.50. The van der Waals surface area contributed by atoms with E-state index in [1.54, 1.807) is 32.9 Å². The van der Waals surface area contributed by atoms with Crippen LogP contribution in [-0.2, 0) is 14.3 Å². The number of ketones is 1. The molecule has 2 rings (SSSR count). The summed E-state index contributed by atoms with van der Waals surface area (Å²) < 4.78 is 5.11. The quantitative estimate of drug-likeness (QED) is 0.857. The maximum absolute atomic E-state index is 12.7. The lowest BCUT2D eigenvalue weighted by molar-refractivity contribution is -0.136. The van der Waals surface area contributed by atoms with Crippen molar-refractivity contribution in [2.75, 3.05) is 11.4 Å². The van der Waals surface area contributed by atoms with Crippen molar-refractivity contribution >= 4 is 29.4 Å². The van der Waals surface area contributed by atoms with Gasteiger partial charge in [-0.05, 0) is 32.9 Å². The van der Waals surface area contributed by atoms with Gasteiger partial charge in [-0.25, -0.2) is 4.79 Å². The predicted octanol–water partition coefficient (Wildman–Crippen LogP) is 1.58. The van der Waals surface area contributed by atoms with E-state index in [4.69, 9.17) is 9.84 Å². The first-order chi connectivity index (χ1) is 11.6. The van der Waals surface area contributed by atoms with E-state index in [-0.39, 0.29) is 23.5 Å². The van der Waals surface area contributed by atoms with Crippen LogP contribution in [0.4, 0.5) is 10.5 Å². The molecule has 0 aromatic heterocycles. The number of amides is 2. The number of fused-ring (bicyclic) bond motifs is 1. The van der Waals surface area contributed by atoms with Crippen LogP contribution in [0.3, 0.4) is 0 Å². The SMILES string of the molecule is CC(C)(C)OC(=O)N[C@H]1CC(=O)c2ccccc2N(CC(=O)O)C1=O. The molecule has 134 valence electrons. The van der Waals surface area contributed by atoms with Gasteiger partial charge < -0.3 is 15.2 Å². The molecule has 1 heterocycles. The van der Waals surface area contributed by atoms with Gasteiger partial charge in [0.15, 0.2) is 5.78 Å². The Morgan fingerprint density at radius 2 is 1.92 bits per heavy atom. The molecule has 0 saturated carbocycles. The lowest BCUT2D eigenvalue weighted by Crippen LogP contribution is -2.50. The zero-order valence-electron chi connectivity index (χ0n) is 14.2. The standard InChI is InChI=1S/C17H20N2O6/c1-17(2,3)25-16(24)18-11-8-13(20)10-6-4-5-7-12(10)19(15(11)23)9-14(21)22/h4-7,11H,8-9H2,1-3H3,(H,18,24)(H,21,22)/t11-/m0/s1. The molecular formula is C17H20N2O6. The Bertz CT molecular complexity index is 722. The van der Waals surface area contributed by atoms with E-state index in [2.05, 4.69) is 5.32 Å². The summed E-state index contributed by atoms with van der Waals surface area (Å²) >= 11 is 0. The molecule has 1 aliphatic rings. The number of ether oxygens (including phenoxy) is 1. The number of benzene rings is 1. The third-order valence-electron chi connectivity index (χ3n) is 3.43. The topological polar surface area (TPSA) is 113 Å². The minimum absolute atomic E-state index is 0.216. The van der Waals surface area contributed by atoms with E-state index in [0.717, 1.165) is 4.90 Å². The summed E-state index contributed by atoms with van der Waals surface area (Å²) in [5.74, 6) is -2.27. The van der Waals surface area contributed by atoms with Crippen LogP contribution >= 0.6 is 0 Å². The van der Waals surface area contributed by atoms with Crippen molar-refractivity contribution in [2.45, 2.75) is 38.8 Å². The fraction of sp³-hybridized carbons (Fsp3) is 0.412. The second kappa shape index (κ2) is 6.92. The van der Waals surface area contributed by atoms with E-state index in [1.165, 1.54) is 12.1 Å². The Hall–Kier alpha value is -2.90. The normalized spacial score (nSPS) is 17.6. The number of anilines is 1. The number of alkyl carbamates (subject to hydrolysis) is 1. The highest BCUT2D eigenvalue weighted by Crippen LogP contribution is 2.27. The molecule has 8 nitrogen and oxygen atoms in total. The molecule has 0 saturated heterocycles. The predicted molar refractivity (Wildman–Crippen MR) is 88.5 cm³/mol. The Balaban J connectivity index is 2.33. The zero-order valence-corrected chi connectivity index (χ0v) is 14.2. The number of para-hydroxylation sites is 1. The van der Waals surface area contributed by atoms with Crippen LogP contribution in [0.2, 0.25) is 0 Å². The molecule has 2 N–H and O–H groups in total. The lowest BCUT2D eigenvalue weighted by atomic mass is 10.0. The second-order valence-electron chi connectivity index (χ2n) is 6.66. The van der Waals surface area contributed by atoms with Crippen molar-refractivity contribution in [3.8, 4) is 0 Å². The van der Waals surface area contributed by atoms with E-state index in [1.807, 2.05) is 0 Å².